The molecule has 0 aliphatic rings. The topological polar surface area (TPSA) is 36.4 Å². The summed E-state index contributed by atoms with van der Waals surface area (Å²) >= 11 is 0. The van der Waals surface area contributed by atoms with Crippen LogP contribution < -0.4 is 4.90 Å². The zero-order chi connectivity index (χ0) is 19.1. The molecule has 0 unspecified atom stereocenters. The maximum atomic E-state index is 12.8. The zero-order valence-corrected chi connectivity index (χ0v) is 15.9. The van der Waals surface area contributed by atoms with E-state index in [1.807, 2.05) is 67.7 Å². The highest BCUT2D eigenvalue weighted by Gasteiger charge is 2.15. The number of pyridine rings is 1. The van der Waals surface area contributed by atoms with Gasteiger partial charge in [0.2, 0.25) is 0 Å². The first kappa shape index (κ1) is 18.6. The third kappa shape index (κ3) is 4.94. The molecule has 0 fully saturated rings. The van der Waals surface area contributed by atoms with Gasteiger partial charge in [-0.2, -0.15) is 0 Å². The number of carbonyl (C=O) groups is 1. The van der Waals surface area contributed by atoms with Crippen LogP contribution in [0.15, 0.2) is 79.0 Å². The lowest BCUT2D eigenvalue weighted by Crippen LogP contribution is -2.28. The molecule has 27 heavy (non-hydrogen) atoms. The summed E-state index contributed by atoms with van der Waals surface area (Å²) in [4.78, 5) is 21.1. The number of anilines is 1. The summed E-state index contributed by atoms with van der Waals surface area (Å²) in [5.74, 6) is -0.0727. The summed E-state index contributed by atoms with van der Waals surface area (Å²) in [5, 5.41) is 0. The molecular weight excluding hydrogens is 334 g/mol. The van der Waals surface area contributed by atoms with Crippen LogP contribution in [0.25, 0.3) is 0 Å². The summed E-state index contributed by atoms with van der Waals surface area (Å²) in [5.41, 5.74) is 3.82. The molecule has 3 aromatic rings. The van der Waals surface area contributed by atoms with Gasteiger partial charge in [-0.3, -0.25) is 9.78 Å². The minimum atomic E-state index is -0.0727. The maximum absolute atomic E-state index is 12.8. The number of aromatic nitrogens is 1. The van der Waals surface area contributed by atoms with Gasteiger partial charge in [-0.15, -0.1) is 0 Å². The van der Waals surface area contributed by atoms with Gasteiger partial charge in [0.05, 0.1) is 0 Å². The highest BCUT2D eigenvalue weighted by Crippen LogP contribution is 2.18. The molecule has 138 valence electrons. The lowest BCUT2D eigenvalue weighted by molar-refractivity contribution is 0.0779. The summed E-state index contributed by atoms with van der Waals surface area (Å²) in [6.45, 7) is 4.33. The Kier molecular flexibility index (Phi) is 6.21. The van der Waals surface area contributed by atoms with Crippen LogP contribution in [0.5, 0.6) is 0 Å². The molecule has 0 atom stereocenters. The number of amides is 1. The monoisotopic (exact) mass is 359 g/mol. The van der Waals surface area contributed by atoms with Gasteiger partial charge in [0, 0.05) is 38.6 Å². The fourth-order valence-electron chi connectivity index (χ4n) is 3.05. The molecule has 4 nitrogen and oxygen atoms in total. The Morgan fingerprint density at radius 2 is 1.48 bits per heavy atom. The third-order valence-corrected chi connectivity index (χ3v) is 4.54. The van der Waals surface area contributed by atoms with E-state index in [9.17, 15) is 4.79 Å². The SMILES string of the molecule is CCN(Cc1ccccc1)c1ccnc(C(=O)N(C)Cc2ccccc2)c1. The van der Waals surface area contributed by atoms with Crippen molar-refractivity contribution in [1.29, 1.82) is 0 Å². The fraction of sp³-hybridized carbons (Fsp3) is 0.217. The van der Waals surface area contributed by atoms with Gasteiger partial charge in [0.1, 0.15) is 5.69 Å². The van der Waals surface area contributed by atoms with Crippen molar-refractivity contribution in [2.45, 2.75) is 20.0 Å². The van der Waals surface area contributed by atoms with E-state index >= 15 is 0 Å². The van der Waals surface area contributed by atoms with Gasteiger partial charge in [0.15, 0.2) is 0 Å². The van der Waals surface area contributed by atoms with Crippen molar-refractivity contribution >= 4 is 11.6 Å². The average molecular weight is 359 g/mol. The molecule has 1 heterocycles. The van der Waals surface area contributed by atoms with Crippen molar-refractivity contribution in [2.75, 3.05) is 18.5 Å². The van der Waals surface area contributed by atoms with Crippen LogP contribution in [-0.2, 0) is 13.1 Å². The quantitative estimate of drug-likeness (QED) is 0.628. The summed E-state index contributed by atoms with van der Waals surface area (Å²) < 4.78 is 0. The minimum absolute atomic E-state index is 0.0727. The molecule has 0 saturated heterocycles. The molecule has 3 rings (SSSR count). The molecule has 0 aliphatic heterocycles. The fourth-order valence-corrected chi connectivity index (χ4v) is 3.05. The molecule has 0 saturated carbocycles. The van der Waals surface area contributed by atoms with Crippen LogP contribution in [-0.4, -0.2) is 29.4 Å². The molecule has 0 bridgehead atoms. The Bertz CT molecular complexity index is 865. The van der Waals surface area contributed by atoms with Crippen molar-refractivity contribution in [3.63, 3.8) is 0 Å². The van der Waals surface area contributed by atoms with Gasteiger partial charge in [-0.25, -0.2) is 0 Å². The molecular formula is C23H25N3O. The molecule has 1 amide bonds. The van der Waals surface area contributed by atoms with E-state index in [0.717, 1.165) is 24.3 Å². The first-order valence-electron chi connectivity index (χ1n) is 9.21. The van der Waals surface area contributed by atoms with Gasteiger partial charge >= 0.3 is 0 Å². The second kappa shape index (κ2) is 8.99. The largest absolute Gasteiger partial charge is 0.367 e. The molecule has 1 aromatic heterocycles. The Morgan fingerprint density at radius 1 is 0.889 bits per heavy atom. The van der Waals surface area contributed by atoms with Gasteiger partial charge < -0.3 is 9.80 Å². The molecule has 0 radical (unpaired) electrons. The summed E-state index contributed by atoms with van der Waals surface area (Å²) in [7, 11) is 1.81. The van der Waals surface area contributed by atoms with Crippen LogP contribution in [0.4, 0.5) is 5.69 Å². The third-order valence-electron chi connectivity index (χ3n) is 4.54. The molecule has 0 spiro atoms. The van der Waals surface area contributed by atoms with Crippen LogP contribution >= 0.6 is 0 Å². The highest BCUT2D eigenvalue weighted by atomic mass is 16.2. The van der Waals surface area contributed by atoms with Crippen LogP contribution in [0.1, 0.15) is 28.5 Å². The summed E-state index contributed by atoms with van der Waals surface area (Å²) in [6, 6.07) is 24.2. The van der Waals surface area contributed by atoms with Crippen molar-refractivity contribution in [3.05, 3.63) is 95.8 Å². The number of carbonyl (C=O) groups excluding carboxylic acids is 1. The number of nitrogens with zero attached hydrogens (tertiary/aromatic N) is 3. The van der Waals surface area contributed by atoms with Crippen molar-refractivity contribution in [1.82, 2.24) is 9.88 Å². The van der Waals surface area contributed by atoms with E-state index < -0.39 is 0 Å². The predicted octanol–water partition coefficient (Wildman–Crippen LogP) is 4.38. The van der Waals surface area contributed by atoms with E-state index in [0.29, 0.717) is 12.2 Å². The zero-order valence-electron chi connectivity index (χ0n) is 15.9. The van der Waals surface area contributed by atoms with Gasteiger partial charge in [-0.1, -0.05) is 60.7 Å². The first-order valence-corrected chi connectivity index (χ1v) is 9.21. The summed E-state index contributed by atoms with van der Waals surface area (Å²) in [6.07, 6.45) is 1.71. The first-order chi connectivity index (χ1) is 13.2. The number of hydrogen-bond donors (Lipinski definition) is 0. The van der Waals surface area contributed by atoms with Gasteiger partial charge in [0.25, 0.3) is 5.91 Å². The van der Waals surface area contributed by atoms with Crippen molar-refractivity contribution < 1.29 is 4.79 Å². The van der Waals surface area contributed by atoms with E-state index in [2.05, 4.69) is 28.9 Å². The maximum Gasteiger partial charge on any atom is 0.272 e. The molecule has 2 aromatic carbocycles. The van der Waals surface area contributed by atoms with E-state index in [-0.39, 0.29) is 5.91 Å². The number of rotatable bonds is 7. The Labute approximate surface area is 161 Å². The Balaban J connectivity index is 1.74. The molecule has 4 heteroatoms. The van der Waals surface area contributed by atoms with Crippen LogP contribution in [0, 0.1) is 0 Å². The minimum Gasteiger partial charge on any atom is -0.367 e. The standard InChI is InChI=1S/C23H25N3O/c1-3-26(18-20-12-8-5-9-13-20)21-14-15-24-22(16-21)23(27)25(2)17-19-10-6-4-7-11-19/h4-16H,3,17-18H2,1-2H3. The van der Waals surface area contributed by atoms with Crippen LogP contribution in [0.2, 0.25) is 0 Å². The Morgan fingerprint density at radius 3 is 2.07 bits per heavy atom. The smallest absolute Gasteiger partial charge is 0.272 e. The Hall–Kier alpha value is -3.14. The predicted molar refractivity (Wildman–Crippen MR) is 110 cm³/mol. The number of hydrogen-bond acceptors (Lipinski definition) is 3. The van der Waals surface area contributed by atoms with Crippen molar-refractivity contribution in [2.24, 2.45) is 0 Å². The van der Waals surface area contributed by atoms with E-state index in [4.69, 9.17) is 0 Å². The second-order valence-electron chi connectivity index (χ2n) is 6.55. The lowest BCUT2D eigenvalue weighted by Gasteiger charge is -2.24. The molecule has 0 aliphatic carbocycles. The lowest BCUT2D eigenvalue weighted by atomic mass is 10.2. The average Bonchev–Trinajstić information content (AvgIpc) is 2.73. The van der Waals surface area contributed by atoms with E-state index in [1.54, 1.807) is 11.1 Å². The van der Waals surface area contributed by atoms with Gasteiger partial charge in [-0.05, 0) is 30.2 Å². The molecule has 0 N–H and O–H groups in total. The second-order valence-corrected chi connectivity index (χ2v) is 6.55. The number of benzene rings is 2. The van der Waals surface area contributed by atoms with E-state index in [1.165, 1.54) is 5.56 Å². The highest BCUT2D eigenvalue weighted by molar-refractivity contribution is 5.93. The van der Waals surface area contributed by atoms with Crippen LogP contribution in [0.3, 0.4) is 0 Å². The normalized spacial score (nSPS) is 10.4. The van der Waals surface area contributed by atoms with Crippen molar-refractivity contribution in [3.8, 4) is 0 Å².